The molecule has 0 amide bonds. The van der Waals surface area contributed by atoms with Gasteiger partial charge in [-0.1, -0.05) is 31.7 Å². The van der Waals surface area contributed by atoms with Gasteiger partial charge in [0.2, 0.25) is 0 Å². The summed E-state index contributed by atoms with van der Waals surface area (Å²) in [7, 11) is 0. The van der Waals surface area contributed by atoms with Crippen LogP contribution in [0.5, 0.6) is 0 Å². The van der Waals surface area contributed by atoms with Crippen molar-refractivity contribution in [2.24, 2.45) is 5.92 Å². The molecule has 1 heteroatoms. The van der Waals surface area contributed by atoms with E-state index in [2.05, 4.69) is 32.6 Å². The van der Waals surface area contributed by atoms with E-state index in [1.165, 1.54) is 24.0 Å². The number of carbonyl (C=O) groups excluding carboxylic acids is 1. The summed E-state index contributed by atoms with van der Waals surface area (Å²) in [5.74, 6) is 0.721. The third-order valence-corrected chi connectivity index (χ3v) is 2.34. The first-order valence-electron chi connectivity index (χ1n) is 4.56. The van der Waals surface area contributed by atoms with E-state index in [4.69, 9.17) is 4.79 Å². The van der Waals surface area contributed by atoms with Crippen LogP contribution in [0.4, 0.5) is 0 Å². The van der Waals surface area contributed by atoms with Crippen molar-refractivity contribution in [1.82, 2.24) is 0 Å². The number of allylic oxidation sites excluding steroid dienone is 5. The van der Waals surface area contributed by atoms with Gasteiger partial charge >= 0.3 is 0 Å². The highest BCUT2D eigenvalue weighted by Crippen LogP contribution is 2.32. The van der Waals surface area contributed by atoms with Crippen LogP contribution in [0.3, 0.4) is 0 Å². The summed E-state index contributed by atoms with van der Waals surface area (Å²) in [6.45, 7) is 10.2. The Morgan fingerprint density at radius 1 is 1.46 bits per heavy atom. The molecule has 0 bridgehead atoms. The molecular formula is C12H18O. The standard InChI is InChI=1S/C11H16.CH2O/c1-4-6-10-8-7-9(3)11(10)5-2;1-2/h4-6,9H,2,7-8H2,1,3H3;1H2/b6-4-;/t9-;/m1./s1. The molecule has 0 fully saturated rings. The summed E-state index contributed by atoms with van der Waals surface area (Å²) < 4.78 is 0. The lowest BCUT2D eigenvalue weighted by molar-refractivity contribution is -0.0979. The number of hydrogen-bond acceptors (Lipinski definition) is 1. The average molecular weight is 178 g/mol. The summed E-state index contributed by atoms with van der Waals surface area (Å²) in [4.78, 5) is 8.00. The van der Waals surface area contributed by atoms with Crippen LogP contribution in [-0.4, -0.2) is 6.79 Å². The highest BCUT2D eigenvalue weighted by atomic mass is 16.1. The average Bonchev–Trinajstić information content (AvgIpc) is 2.51. The molecular weight excluding hydrogens is 160 g/mol. The molecule has 13 heavy (non-hydrogen) atoms. The van der Waals surface area contributed by atoms with E-state index in [9.17, 15) is 0 Å². The van der Waals surface area contributed by atoms with Crippen LogP contribution in [0, 0.1) is 5.92 Å². The zero-order valence-electron chi connectivity index (χ0n) is 8.55. The molecule has 1 aliphatic rings. The van der Waals surface area contributed by atoms with Crippen molar-refractivity contribution in [3.8, 4) is 0 Å². The Hall–Kier alpha value is -1.11. The van der Waals surface area contributed by atoms with Crippen LogP contribution in [0.2, 0.25) is 0 Å². The van der Waals surface area contributed by atoms with Crippen molar-refractivity contribution >= 4 is 6.79 Å². The Morgan fingerprint density at radius 2 is 2.08 bits per heavy atom. The van der Waals surface area contributed by atoms with E-state index in [1.807, 2.05) is 12.9 Å². The van der Waals surface area contributed by atoms with Gasteiger partial charge in [-0.2, -0.15) is 0 Å². The molecule has 0 saturated heterocycles. The van der Waals surface area contributed by atoms with Crippen molar-refractivity contribution in [1.29, 1.82) is 0 Å². The molecule has 0 heterocycles. The smallest absolute Gasteiger partial charge is 0.106 e. The van der Waals surface area contributed by atoms with Crippen LogP contribution in [-0.2, 0) is 4.79 Å². The minimum Gasteiger partial charge on any atom is -0.307 e. The van der Waals surface area contributed by atoms with E-state index >= 15 is 0 Å². The molecule has 1 nitrogen and oxygen atoms in total. The fraction of sp³-hybridized carbons (Fsp3) is 0.417. The van der Waals surface area contributed by atoms with Gasteiger partial charge in [-0.05, 0) is 36.8 Å². The van der Waals surface area contributed by atoms with Crippen LogP contribution in [0.15, 0.2) is 36.0 Å². The Labute approximate surface area is 80.8 Å². The maximum Gasteiger partial charge on any atom is 0.106 e. The fourth-order valence-electron chi connectivity index (χ4n) is 1.70. The third-order valence-electron chi connectivity index (χ3n) is 2.34. The van der Waals surface area contributed by atoms with Crippen molar-refractivity contribution in [2.45, 2.75) is 26.7 Å². The van der Waals surface area contributed by atoms with Gasteiger partial charge in [-0.15, -0.1) is 0 Å². The Bertz CT molecular complexity index is 223. The predicted octanol–water partition coefficient (Wildman–Crippen LogP) is 3.29. The number of hydrogen-bond donors (Lipinski definition) is 0. The Kier molecular flexibility index (Phi) is 5.86. The largest absolute Gasteiger partial charge is 0.307 e. The molecule has 1 rings (SSSR count). The molecule has 0 saturated carbocycles. The summed E-state index contributed by atoms with van der Waals surface area (Å²) >= 11 is 0. The minimum absolute atomic E-state index is 0.721. The van der Waals surface area contributed by atoms with Crippen LogP contribution in [0.25, 0.3) is 0 Å². The lowest BCUT2D eigenvalue weighted by Gasteiger charge is -2.02. The summed E-state index contributed by atoms with van der Waals surface area (Å²) in [5, 5.41) is 0. The van der Waals surface area contributed by atoms with Crippen LogP contribution in [0.1, 0.15) is 26.7 Å². The normalized spacial score (nSPS) is 21.5. The molecule has 0 N–H and O–H groups in total. The van der Waals surface area contributed by atoms with E-state index in [0.29, 0.717) is 0 Å². The molecule has 0 aliphatic heterocycles. The van der Waals surface area contributed by atoms with E-state index in [-0.39, 0.29) is 0 Å². The first kappa shape index (κ1) is 11.9. The van der Waals surface area contributed by atoms with Gasteiger partial charge in [0.05, 0.1) is 0 Å². The van der Waals surface area contributed by atoms with E-state index in [1.54, 1.807) is 0 Å². The van der Waals surface area contributed by atoms with Crippen molar-refractivity contribution in [3.05, 3.63) is 36.0 Å². The van der Waals surface area contributed by atoms with E-state index in [0.717, 1.165) is 5.92 Å². The third kappa shape index (κ3) is 3.02. The highest BCUT2D eigenvalue weighted by Gasteiger charge is 2.16. The quantitative estimate of drug-likeness (QED) is 0.634. The zero-order valence-corrected chi connectivity index (χ0v) is 8.55. The molecule has 0 aromatic carbocycles. The molecule has 0 spiro atoms. The first-order valence-corrected chi connectivity index (χ1v) is 4.56. The van der Waals surface area contributed by atoms with Gasteiger partial charge in [0.25, 0.3) is 0 Å². The van der Waals surface area contributed by atoms with Crippen LogP contribution >= 0.6 is 0 Å². The summed E-state index contributed by atoms with van der Waals surface area (Å²) in [5.41, 5.74) is 2.93. The molecule has 72 valence electrons. The predicted molar refractivity (Wildman–Crippen MR) is 57.6 cm³/mol. The SMILES string of the molecule is C=CC1=C(/C=C\C)CC[C@H]1C.C=O. The van der Waals surface area contributed by atoms with Crippen molar-refractivity contribution in [2.75, 3.05) is 0 Å². The molecule has 1 aliphatic carbocycles. The van der Waals surface area contributed by atoms with Gasteiger partial charge < -0.3 is 4.79 Å². The summed E-state index contributed by atoms with van der Waals surface area (Å²) in [6.07, 6.45) is 8.85. The summed E-state index contributed by atoms with van der Waals surface area (Å²) in [6, 6.07) is 0. The second-order valence-electron chi connectivity index (χ2n) is 3.12. The van der Waals surface area contributed by atoms with Crippen molar-refractivity contribution in [3.63, 3.8) is 0 Å². The minimum atomic E-state index is 0.721. The van der Waals surface area contributed by atoms with Crippen LogP contribution < -0.4 is 0 Å². The van der Waals surface area contributed by atoms with Gasteiger partial charge in [-0.3, -0.25) is 0 Å². The fourth-order valence-corrected chi connectivity index (χ4v) is 1.70. The molecule has 0 unspecified atom stereocenters. The monoisotopic (exact) mass is 178 g/mol. The highest BCUT2D eigenvalue weighted by molar-refractivity contribution is 5.37. The van der Waals surface area contributed by atoms with Gasteiger partial charge in [0.15, 0.2) is 0 Å². The van der Waals surface area contributed by atoms with E-state index < -0.39 is 0 Å². The van der Waals surface area contributed by atoms with Gasteiger partial charge in [0.1, 0.15) is 6.79 Å². The lowest BCUT2D eigenvalue weighted by atomic mass is 10.0. The molecule has 0 radical (unpaired) electrons. The Balaban J connectivity index is 0.000000671. The van der Waals surface area contributed by atoms with Crippen molar-refractivity contribution < 1.29 is 4.79 Å². The molecule has 0 aromatic heterocycles. The number of rotatable bonds is 2. The zero-order chi connectivity index (χ0) is 10.3. The Morgan fingerprint density at radius 3 is 2.54 bits per heavy atom. The number of carbonyl (C=O) groups is 1. The molecule has 0 aromatic rings. The second-order valence-corrected chi connectivity index (χ2v) is 3.12. The lowest BCUT2D eigenvalue weighted by Crippen LogP contribution is -1.88. The second kappa shape index (κ2) is 6.41. The maximum atomic E-state index is 8.00. The molecule has 1 atom stereocenters. The topological polar surface area (TPSA) is 17.1 Å². The van der Waals surface area contributed by atoms with Gasteiger partial charge in [-0.25, -0.2) is 0 Å². The first-order chi connectivity index (χ1) is 6.29. The maximum absolute atomic E-state index is 8.00. The van der Waals surface area contributed by atoms with Gasteiger partial charge in [0, 0.05) is 0 Å².